The summed E-state index contributed by atoms with van der Waals surface area (Å²) in [6, 6.07) is 9.06. The number of nitrogens with one attached hydrogen (secondary N) is 2. The number of aromatic nitrogens is 2. The molecule has 30 heavy (non-hydrogen) atoms. The summed E-state index contributed by atoms with van der Waals surface area (Å²) < 4.78 is 17.5. The number of anilines is 2. The van der Waals surface area contributed by atoms with Crippen LogP contribution in [0.4, 0.5) is 11.5 Å². The van der Waals surface area contributed by atoms with E-state index in [9.17, 15) is 0 Å². The molecule has 1 aliphatic rings. The van der Waals surface area contributed by atoms with Gasteiger partial charge in [0, 0.05) is 30.2 Å². The minimum Gasteiger partial charge on any atom is -0.490 e. The standard InChI is InChI=1S/C21H22Cl2N4O3/c1-2-28-19-8-15-18(9-20(19)30-11-14-10-24-5-6-29-14)25-12-26-21(15)27-13-3-4-16(22)17(23)7-13/h3-4,7-9,12,14,24H,2,5-6,10-11H2,1H3,(H,25,26,27). The first-order valence-electron chi connectivity index (χ1n) is 9.72. The SMILES string of the molecule is CCOc1cc2c(Nc3ccc(Cl)c(Cl)c3)ncnc2cc1OCC1CNCCO1. The molecule has 4 rings (SSSR count). The highest BCUT2D eigenvalue weighted by atomic mass is 35.5. The Bertz CT molecular complexity index is 1030. The number of halogens is 2. The van der Waals surface area contributed by atoms with E-state index in [4.69, 9.17) is 37.4 Å². The van der Waals surface area contributed by atoms with Crippen molar-refractivity contribution in [2.24, 2.45) is 0 Å². The molecule has 0 bridgehead atoms. The highest BCUT2D eigenvalue weighted by Crippen LogP contribution is 2.35. The molecular formula is C21H22Cl2N4O3. The molecule has 1 unspecified atom stereocenters. The second kappa shape index (κ2) is 9.66. The zero-order valence-corrected chi connectivity index (χ0v) is 18.0. The monoisotopic (exact) mass is 448 g/mol. The van der Waals surface area contributed by atoms with E-state index in [1.807, 2.05) is 25.1 Å². The summed E-state index contributed by atoms with van der Waals surface area (Å²) in [7, 11) is 0. The lowest BCUT2D eigenvalue weighted by atomic mass is 10.2. The van der Waals surface area contributed by atoms with E-state index < -0.39 is 0 Å². The van der Waals surface area contributed by atoms with Crippen LogP contribution in [0.1, 0.15) is 6.92 Å². The molecule has 1 aromatic heterocycles. The van der Waals surface area contributed by atoms with E-state index in [2.05, 4.69) is 20.6 Å². The molecule has 0 radical (unpaired) electrons. The maximum absolute atomic E-state index is 6.13. The number of morpholine rings is 1. The minimum absolute atomic E-state index is 0.00111. The van der Waals surface area contributed by atoms with Gasteiger partial charge in [-0.3, -0.25) is 0 Å². The molecule has 158 valence electrons. The summed E-state index contributed by atoms with van der Waals surface area (Å²) >= 11 is 12.1. The Hall–Kier alpha value is -2.32. The molecule has 0 aliphatic carbocycles. The first-order chi connectivity index (χ1) is 14.6. The lowest BCUT2D eigenvalue weighted by molar-refractivity contribution is -0.000322. The Balaban J connectivity index is 1.62. The van der Waals surface area contributed by atoms with Gasteiger partial charge in [0.25, 0.3) is 0 Å². The van der Waals surface area contributed by atoms with Gasteiger partial charge >= 0.3 is 0 Å². The van der Waals surface area contributed by atoms with Crippen LogP contribution in [0.25, 0.3) is 10.9 Å². The van der Waals surface area contributed by atoms with E-state index in [0.717, 1.165) is 29.7 Å². The molecule has 0 amide bonds. The van der Waals surface area contributed by atoms with Crippen LogP contribution in [0.15, 0.2) is 36.7 Å². The fourth-order valence-corrected chi connectivity index (χ4v) is 3.46. The third-order valence-electron chi connectivity index (χ3n) is 4.61. The number of ether oxygens (including phenoxy) is 3. The molecule has 0 spiro atoms. The van der Waals surface area contributed by atoms with Gasteiger partial charge in [-0.25, -0.2) is 9.97 Å². The highest BCUT2D eigenvalue weighted by Gasteiger charge is 2.17. The normalized spacial score (nSPS) is 16.4. The van der Waals surface area contributed by atoms with E-state index >= 15 is 0 Å². The van der Waals surface area contributed by atoms with E-state index in [1.54, 1.807) is 12.1 Å². The topological polar surface area (TPSA) is 77.5 Å². The van der Waals surface area contributed by atoms with Gasteiger partial charge in [0.15, 0.2) is 11.5 Å². The number of fused-ring (bicyclic) bond motifs is 1. The fourth-order valence-electron chi connectivity index (χ4n) is 3.16. The summed E-state index contributed by atoms with van der Waals surface area (Å²) in [6.45, 7) is 5.17. The van der Waals surface area contributed by atoms with Crippen LogP contribution in [0, 0.1) is 0 Å². The lowest BCUT2D eigenvalue weighted by Crippen LogP contribution is -2.41. The molecule has 1 fully saturated rings. The van der Waals surface area contributed by atoms with Crippen molar-refractivity contribution in [3.05, 3.63) is 46.7 Å². The molecular weight excluding hydrogens is 427 g/mol. The summed E-state index contributed by atoms with van der Waals surface area (Å²) in [6.07, 6.45) is 1.50. The molecule has 2 aromatic carbocycles. The lowest BCUT2D eigenvalue weighted by Gasteiger charge is -2.24. The maximum atomic E-state index is 6.13. The second-order valence-corrected chi connectivity index (χ2v) is 7.55. The molecule has 2 heterocycles. The van der Waals surface area contributed by atoms with Crippen LogP contribution in [-0.4, -0.2) is 49.0 Å². The number of hydrogen-bond donors (Lipinski definition) is 2. The molecule has 0 saturated carbocycles. The predicted molar refractivity (Wildman–Crippen MR) is 119 cm³/mol. The first-order valence-corrected chi connectivity index (χ1v) is 10.5. The van der Waals surface area contributed by atoms with Crippen molar-refractivity contribution in [1.29, 1.82) is 0 Å². The van der Waals surface area contributed by atoms with E-state index in [-0.39, 0.29) is 6.10 Å². The van der Waals surface area contributed by atoms with Gasteiger partial charge in [0.05, 0.1) is 28.8 Å². The van der Waals surface area contributed by atoms with Crippen LogP contribution in [0.5, 0.6) is 11.5 Å². The summed E-state index contributed by atoms with van der Waals surface area (Å²) in [5.74, 6) is 1.88. The Labute approximate surface area is 184 Å². The zero-order valence-electron chi connectivity index (χ0n) is 16.5. The Morgan fingerprint density at radius 2 is 2.00 bits per heavy atom. The van der Waals surface area contributed by atoms with Gasteiger partial charge in [0.2, 0.25) is 0 Å². The molecule has 7 nitrogen and oxygen atoms in total. The smallest absolute Gasteiger partial charge is 0.163 e. The van der Waals surface area contributed by atoms with Crippen molar-refractivity contribution in [2.45, 2.75) is 13.0 Å². The van der Waals surface area contributed by atoms with Crippen LogP contribution < -0.4 is 20.1 Å². The number of nitrogens with zero attached hydrogens (tertiary/aromatic N) is 2. The van der Waals surface area contributed by atoms with Gasteiger partial charge in [-0.05, 0) is 31.2 Å². The molecule has 1 atom stereocenters. The third kappa shape index (κ3) is 4.87. The molecule has 3 aromatic rings. The first kappa shape index (κ1) is 20.9. The van der Waals surface area contributed by atoms with Gasteiger partial charge in [0.1, 0.15) is 24.9 Å². The van der Waals surface area contributed by atoms with Crippen molar-refractivity contribution >= 4 is 45.6 Å². The Morgan fingerprint density at radius 1 is 1.13 bits per heavy atom. The molecule has 1 aliphatic heterocycles. The van der Waals surface area contributed by atoms with Crippen molar-refractivity contribution < 1.29 is 14.2 Å². The molecule has 9 heteroatoms. The predicted octanol–water partition coefficient (Wildman–Crippen LogP) is 4.45. The van der Waals surface area contributed by atoms with Crippen LogP contribution >= 0.6 is 23.2 Å². The summed E-state index contributed by atoms with van der Waals surface area (Å²) in [4.78, 5) is 8.78. The minimum atomic E-state index is 0.00111. The van der Waals surface area contributed by atoms with E-state index in [0.29, 0.717) is 47.2 Å². The van der Waals surface area contributed by atoms with E-state index in [1.165, 1.54) is 6.33 Å². The second-order valence-electron chi connectivity index (χ2n) is 6.73. The number of benzene rings is 2. The van der Waals surface area contributed by atoms with Crippen molar-refractivity contribution in [3.8, 4) is 11.5 Å². The zero-order chi connectivity index (χ0) is 20.9. The fraction of sp³-hybridized carbons (Fsp3) is 0.333. The largest absolute Gasteiger partial charge is 0.490 e. The van der Waals surface area contributed by atoms with Crippen molar-refractivity contribution in [3.63, 3.8) is 0 Å². The average molecular weight is 449 g/mol. The quantitative estimate of drug-likeness (QED) is 0.552. The highest BCUT2D eigenvalue weighted by molar-refractivity contribution is 6.42. The van der Waals surface area contributed by atoms with Crippen LogP contribution in [0.2, 0.25) is 10.0 Å². The summed E-state index contributed by atoms with van der Waals surface area (Å²) in [5, 5.41) is 8.32. The Morgan fingerprint density at radius 3 is 2.77 bits per heavy atom. The third-order valence-corrected chi connectivity index (χ3v) is 5.35. The van der Waals surface area contributed by atoms with Crippen molar-refractivity contribution in [1.82, 2.24) is 15.3 Å². The summed E-state index contributed by atoms with van der Waals surface area (Å²) in [5.41, 5.74) is 1.50. The number of hydrogen-bond acceptors (Lipinski definition) is 7. The van der Waals surface area contributed by atoms with Crippen LogP contribution in [0.3, 0.4) is 0 Å². The maximum Gasteiger partial charge on any atom is 0.163 e. The number of rotatable bonds is 7. The average Bonchev–Trinajstić information content (AvgIpc) is 2.76. The van der Waals surface area contributed by atoms with Crippen molar-refractivity contribution in [2.75, 3.05) is 38.2 Å². The molecule has 2 N–H and O–H groups in total. The van der Waals surface area contributed by atoms with Gasteiger partial charge in [-0.15, -0.1) is 0 Å². The van der Waals surface area contributed by atoms with Gasteiger partial charge in [-0.1, -0.05) is 23.2 Å². The Kier molecular flexibility index (Phi) is 6.74. The van der Waals surface area contributed by atoms with Crippen LogP contribution in [-0.2, 0) is 4.74 Å². The molecule has 1 saturated heterocycles. The van der Waals surface area contributed by atoms with Gasteiger partial charge in [-0.2, -0.15) is 0 Å². The van der Waals surface area contributed by atoms with Gasteiger partial charge < -0.3 is 24.8 Å².